The molecule has 1 aromatic carbocycles. The Morgan fingerprint density at radius 3 is 3.06 bits per heavy atom. The van der Waals surface area contributed by atoms with E-state index < -0.39 is 6.10 Å². The number of nitrogens with zero attached hydrogens (tertiary/aromatic N) is 1. The van der Waals surface area contributed by atoms with Crippen molar-refractivity contribution in [2.45, 2.75) is 17.5 Å². The summed E-state index contributed by atoms with van der Waals surface area (Å²) in [6, 6.07) is 1.93. The molecule has 4 nitrogen and oxygen atoms in total. The summed E-state index contributed by atoms with van der Waals surface area (Å²) in [7, 11) is 2.01. The number of aliphatic hydroxyl groups excluding tert-OH is 1. The molecular formula is C12H15NO3S. The van der Waals surface area contributed by atoms with Gasteiger partial charge in [-0.25, -0.2) is 0 Å². The molecule has 92 valence electrons. The number of thioether (sulfide) groups is 1. The third-order valence-corrected chi connectivity index (χ3v) is 4.07. The van der Waals surface area contributed by atoms with Crippen molar-refractivity contribution in [3.05, 3.63) is 17.2 Å². The minimum atomic E-state index is -0.441. The molecule has 1 aromatic rings. The predicted molar refractivity (Wildman–Crippen MR) is 65.6 cm³/mol. The van der Waals surface area contributed by atoms with Crippen molar-refractivity contribution in [1.29, 1.82) is 0 Å². The molecule has 3 rings (SSSR count). The fraction of sp³-hybridized carbons (Fsp3) is 0.500. The third-order valence-electron chi connectivity index (χ3n) is 3.23. The van der Waals surface area contributed by atoms with Gasteiger partial charge in [-0.05, 0) is 30.5 Å². The molecule has 0 unspecified atom stereocenters. The van der Waals surface area contributed by atoms with Crippen LogP contribution in [0.15, 0.2) is 11.0 Å². The van der Waals surface area contributed by atoms with Gasteiger partial charge in [0.1, 0.15) is 0 Å². The maximum Gasteiger partial charge on any atom is 0.231 e. The number of benzene rings is 1. The van der Waals surface area contributed by atoms with Crippen molar-refractivity contribution in [3.8, 4) is 11.5 Å². The Labute approximate surface area is 105 Å². The lowest BCUT2D eigenvalue weighted by atomic mass is 9.97. The lowest BCUT2D eigenvalue weighted by molar-refractivity contribution is 0.106. The maximum absolute atomic E-state index is 10.1. The quantitative estimate of drug-likeness (QED) is 0.770. The van der Waals surface area contributed by atoms with Crippen molar-refractivity contribution in [3.63, 3.8) is 0 Å². The minimum Gasteiger partial charge on any atom is -0.454 e. The minimum absolute atomic E-state index is 0.276. The Morgan fingerprint density at radius 1 is 1.47 bits per heavy atom. The molecular weight excluding hydrogens is 238 g/mol. The van der Waals surface area contributed by atoms with Gasteiger partial charge in [-0.1, -0.05) is 0 Å². The Balaban J connectivity index is 2.19. The Bertz CT molecular complexity index is 464. The second-order valence-electron chi connectivity index (χ2n) is 4.42. The van der Waals surface area contributed by atoms with Crippen molar-refractivity contribution in [2.24, 2.45) is 0 Å². The zero-order valence-electron chi connectivity index (χ0n) is 9.90. The highest BCUT2D eigenvalue weighted by Crippen LogP contribution is 2.46. The largest absolute Gasteiger partial charge is 0.454 e. The smallest absolute Gasteiger partial charge is 0.231 e. The van der Waals surface area contributed by atoms with Gasteiger partial charge in [0.05, 0.1) is 11.0 Å². The molecule has 0 aliphatic carbocycles. The first-order valence-corrected chi connectivity index (χ1v) is 6.79. The topological polar surface area (TPSA) is 41.9 Å². The highest BCUT2D eigenvalue weighted by molar-refractivity contribution is 7.98. The first kappa shape index (κ1) is 11.2. The van der Waals surface area contributed by atoms with Gasteiger partial charge in [0, 0.05) is 13.1 Å². The van der Waals surface area contributed by atoms with E-state index >= 15 is 0 Å². The van der Waals surface area contributed by atoms with E-state index in [0.717, 1.165) is 28.5 Å². The van der Waals surface area contributed by atoms with Crippen molar-refractivity contribution in [1.82, 2.24) is 4.90 Å². The van der Waals surface area contributed by atoms with E-state index in [4.69, 9.17) is 9.47 Å². The molecule has 0 saturated carbocycles. The average molecular weight is 253 g/mol. The second-order valence-corrected chi connectivity index (χ2v) is 5.24. The summed E-state index contributed by atoms with van der Waals surface area (Å²) >= 11 is 1.65. The predicted octanol–water partition coefficient (Wildman–Crippen LogP) is 1.62. The van der Waals surface area contributed by atoms with E-state index in [9.17, 15) is 5.11 Å². The van der Waals surface area contributed by atoms with Crippen LogP contribution in [0.25, 0.3) is 0 Å². The summed E-state index contributed by atoms with van der Waals surface area (Å²) in [5.41, 5.74) is 2.15. The SMILES string of the molecule is CSc1c2c(cc3c1OCO3)[C@H](O)CN(C)C2. The lowest BCUT2D eigenvalue weighted by Crippen LogP contribution is -2.30. The molecule has 5 heteroatoms. The van der Waals surface area contributed by atoms with Gasteiger partial charge in [0.2, 0.25) is 6.79 Å². The van der Waals surface area contributed by atoms with Gasteiger partial charge in [0.15, 0.2) is 11.5 Å². The Kier molecular flexibility index (Phi) is 2.69. The van der Waals surface area contributed by atoms with Gasteiger partial charge in [-0.3, -0.25) is 4.90 Å². The monoisotopic (exact) mass is 253 g/mol. The molecule has 0 aromatic heterocycles. The molecule has 17 heavy (non-hydrogen) atoms. The molecule has 0 radical (unpaired) electrons. The van der Waals surface area contributed by atoms with E-state index in [1.807, 2.05) is 19.4 Å². The van der Waals surface area contributed by atoms with E-state index in [2.05, 4.69) is 4.90 Å². The van der Waals surface area contributed by atoms with Crippen molar-refractivity contribution >= 4 is 11.8 Å². The molecule has 0 fully saturated rings. The van der Waals surface area contributed by atoms with Crippen LogP contribution in [-0.4, -0.2) is 36.6 Å². The average Bonchev–Trinajstić information content (AvgIpc) is 2.74. The Morgan fingerprint density at radius 2 is 2.29 bits per heavy atom. The van der Waals surface area contributed by atoms with Crippen molar-refractivity contribution in [2.75, 3.05) is 26.6 Å². The Hall–Kier alpha value is -0.910. The summed E-state index contributed by atoms with van der Waals surface area (Å²) in [5.74, 6) is 1.59. The van der Waals surface area contributed by atoms with Crippen LogP contribution in [-0.2, 0) is 6.54 Å². The van der Waals surface area contributed by atoms with Crippen LogP contribution < -0.4 is 9.47 Å². The fourth-order valence-corrected chi connectivity index (χ4v) is 3.25. The number of ether oxygens (including phenoxy) is 2. The number of hydrogen-bond acceptors (Lipinski definition) is 5. The van der Waals surface area contributed by atoms with Gasteiger partial charge in [-0.2, -0.15) is 0 Å². The molecule has 1 atom stereocenters. The van der Waals surface area contributed by atoms with Crippen LogP contribution in [0.2, 0.25) is 0 Å². The lowest BCUT2D eigenvalue weighted by Gasteiger charge is -2.30. The number of likely N-dealkylation sites (N-methyl/N-ethyl adjacent to an activating group) is 1. The summed E-state index contributed by atoms with van der Waals surface area (Å²) < 4.78 is 10.9. The van der Waals surface area contributed by atoms with Crippen LogP contribution in [0.5, 0.6) is 11.5 Å². The molecule has 2 aliphatic rings. The molecule has 1 N–H and O–H groups in total. The molecule has 0 saturated heterocycles. The first-order valence-electron chi connectivity index (χ1n) is 5.56. The summed E-state index contributed by atoms with van der Waals surface area (Å²) in [4.78, 5) is 3.22. The molecule has 2 aliphatic heterocycles. The summed E-state index contributed by atoms with van der Waals surface area (Å²) in [5, 5.41) is 10.1. The number of β-amino-alcohol motifs (C(OH)–C–C–N with tert-alkyl or cyclic N) is 1. The zero-order valence-corrected chi connectivity index (χ0v) is 10.7. The van der Waals surface area contributed by atoms with E-state index in [1.54, 1.807) is 11.8 Å². The zero-order chi connectivity index (χ0) is 12.0. The van der Waals surface area contributed by atoms with Gasteiger partial charge in [-0.15, -0.1) is 11.8 Å². The number of fused-ring (bicyclic) bond motifs is 2. The number of hydrogen-bond donors (Lipinski definition) is 1. The van der Waals surface area contributed by atoms with Gasteiger partial charge in [0.25, 0.3) is 0 Å². The van der Waals surface area contributed by atoms with Crippen LogP contribution >= 0.6 is 11.8 Å². The van der Waals surface area contributed by atoms with Gasteiger partial charge < -0.3 is 14.6 Å². The van der Waals surface area contributed by atoms with Crippen LogP contribution in [0.3, 0.4) is 0 Å². The van der Waals surface area contributed by atoms with E-state index in [1.165, 1.54) is 5.56 Å². The highest BCUT2D eigenvalue weighted by Gasteiger charge is 2.30. The van der Waals surface area contributed by atoms with Crippen LogP contribution in [0, 0.1) is 0 Å². The molecule has 0 spiro atoms. The molecule has 2 heterocycles. The molecule has 0 amide bonds. The normalized spacial score (nSPS) is 22.6. The number of aliphatic hydroxyl groups is 1. The van der Waals surface area contributed by atoms with E-state index in [0.29, 0.717) is 6.54 Å². The molecule has 0 bridgehead atoms. The fourth-order valence-electron chi connectivity index (χ4n) is 2.47. The van der Waals surface area contributed by atoms with Gasteiger partial charge >= 0.3 is 0 Å². The highest BCUT2D eigenvalue weighted by atomic mass is 32.2. The summed E-state index contributed by atoms with van der Waals surface area (Å²) in [6.45, 7) is 1.79. The van der Waals surface area contributed by atoms with Crippen molar-refractivity contribution < 1.29 is 14.6 Å². The summed E-state index contributed by atoms with van der Waals surface area (Å²) in [6.07, 6.45) is 1.59. The second kappa shape index (κ2) is 4.08. The van der Waals surface area contributed by atoms with Crippen LogP contribution in [0.1, 0.15) is 17.2 Å². The third kappa shape index (κ3) is 1.69. The van der Waals surface area contributed by atoms with Crippen LogP contribution in [0.4, 0.5) is 0 Å². The maximum atomic E-state index is 10.1. The van der Waals surface area contributed by atoms with E-state index in [-0.39, 0.29) is 6.79 Å². The standard InChI is InChI=1S/C12H15NO3S/c1-13-4-8-7(9(14)5-13)3-10-11(12(8)17-2)16-6-15-10/h3,9,14H,4-6H2,1-2H3/t9-/m1/s1. The first-order chi connectivity index (χ1) is 8.20. The number of rotatable bonds is 1.